The zero-order valence-corrected chi connectivity index (χ0v) is 20.3. The number of rotatable bonds is 7. The van der Waals surface area contributed by atoms with Crippen molar-refractivity contribution in [3.05, 3.63) is 30.4 Å². The van der Waals surface area contributed by atoms with Crippen molar-refractivity contribution in [3.63, 3.8) is 0 Å². The van der Waals surface area contributed by atoms with Crippen molar-refractivity contribution in [1.29, 1.82) is 0 Å². The SMILES string of the molecule is COC[C@H](C)Nc1ncc2c(-c3cnn([C@@H]4CO[C@H]5OCC[C@H]54)c3)cc(C3CCC(O)CC3)n2n1. The first-order valence-corrected chi connectivity index (χ1v) is 12.7. The molecule has 4 atom stereocenters. The van der Waals surface area contributed by atoms with Gasteiger partial charge in [0.2, 0.25) is 5.95 Å². The fourth-order valence-corrected chi connectivity index (χ4v) is 5.86. The molecule has 1 aliphatic carbocycles. The van der Waals surface area contributed by atoms with Gasteiger partial charge in [0.15, 0.2) is 6.29 Å². The van der Waals surface area contributed by atoms with E-state index in [1.807, 2.05) is 28.5 Å². The van der Waals surface area contributed by atoms with Crippen LogP contribution in [0.1, 0.15) is 56.7 Å². The summed E-state index contributed by atoms with van der Waals surface area (Å²) in [6.07, 6.45) is 10.2. The summed E-state index contributed by atoms with van der Waals surface area (Å²) in [6.45, 7) is 3.99. The topological polar surface area (TPSA) is 108 Å². The molecular formula is C25H34N6O4. The van der Waals surface area contributed by atoms with E-state index in [1.54, 1.807) is 7.11 Å². The van der Waals surface area contributed by atoms with Crippen molar-refractivity contribution in [2.45, 2.75) is 69.4 Å². The van der Waals surface area contributed by atoms with Crippen LogP contribution in [0.2, 0.25) is 0 Å². The molecule has 2 saturated heterocycles. The summed E-state index contributed by atoms with van der Waals surface area (Å²) in [5, 5.41) is 23.0. The van der Waals surface area contributed by atoms with Gasteiger partial charge in [-0.05, 0) is 45.1 Å². The van der Waals surface area contributed by atoms with Gasteiger partial charge in [0.05, 0.1) is 49.9 Å². The molecule has 3 fully saturated rings. The van der Waals surface area contributed by atoms with E-state index in [1.165, 1.54) is 0 Å². The van der Waals surface area contributed by atoms with Crippen LogP contribution in [-0.4, -0.2) is 74.9 Å². The normalized spacial score (nSPS) is 29.5. The fraction of sp³-hybridized carbons (Fsp3) is 0.640. The van der Waals surface area contributed by atoms with Gasteiger partial charge in [0, 0.05) is 48.0 Å². The van der Waals surface area contributed by atoms with Gasteiger partial charge in [0.1, 0.15) is 0 Å². The highest BCUT2D eigenvalue weighted by Crippen LogP contribution is 2.40. The Hall–Kier alpha value is -2.53. The summed E-state index contributed by atoms with van der Waals surface area (Å²) in [5.41, 5.74) is 4.24. The fourth-order valence-electron chi connectivity index (χ4n) is 5.86. The number of aromatic nitrogens is 5. The van der Waals surface area contributed by atoms with E-state index < -0.39 is 0 Å². The highest BCUT2D eigenvalue weighted by Gasteiger charge is 2.43. The number of ether oxygens (including phenoxy) is 3. The first-order valence-electron chi connectivity index (χ1n) is 12.7. The summed E-state index contributed by atoms with van der Waals surface area (Å²) in [6, 6.07) is 2.53. The number of hydrogen-bond donors (Lipinski definition) is 2. The van der Waals surface area contributed by atoms with E-state index in [4.69, 9.17) is 24.4 Å². The number of nitrogens with zero attached hydrogens (tertiary/aromatic N) is 5. The molecule has 0 radical (unpaired) electrons. The predicted molar refractivity (Wildman–Crippen MR) is 129 cm³/mol. The molecule has 5 heterocycles. The molecule has 10 nitrogen and oxygen atoms in total. The van der Waals surface area contributed by atoms with Crippen molar-refractivity contribution in [2.75, 3.05) is 32.2 Å². The van der Waals surface area contributed by atoms with Gasteiger partial charge >= 0.3 is 0 Å². The summed E-state index contributed by atoms with van der Waals surface area (Å²) in [4.78, 5) is 4.61. The third kappa shape index (κ3) is 4.33. The lowest BCUT2D eigenvalue weighted by molar-refractivity contribution is -0.0905. The maximum Gasteiger partial charge on any atom is 0.241 e. The summed E-state index contributed by atoms with van der Waals surface area (Å²) < 4.78 is 20.9. The minimum Gasteiger partial charge on any atom is -0.393 e. The Morgan fingerprint density at radius 1 is 1.20 bits per heavy atom. The van der Waals surface area contributed by atoms with Crippen LogP contribution in [0, 0.1) is 5.92 Å². The lowest BCUT2D eigenvalue weighted by atomic mass is 9.85. The largest absolute Gasteiger partial charge is 0.393 e. The molecule has 0 bridgehead atoms. The van der Waals surface area contributed by atoms with Crippen molar-refractivity contribution in [2.24, 2.45) is 5.92 Å². The molecule has 3 aliphatic rings. The summed E-state index contributed by atoms with van der Waals surface area (Å²) in [7, 11) is 1.69. The molecule has 6 rings (SSSR count). The Labute approximate surface area is 204 Å². The number of aliphatic hydroxyl groups excluding tert-OH is 1. The van der Waals surface area contributed by atoms with Gasteiger partial charge < -0.3 is 24.6 Å². The Bertz CT molecular complexity index is 1170. The average Bonchev–Trinajstić information content (AvgIpc) is 3.63. The Kier molecular flexibility index (Phi) is 6.21. The molecular weight excluding hydrogens is 448 g/mol. The van der Waals surface area contributed by atoms with Gasteiger partial charge in [-0.2, -0.15) is 5.10 Å². The second-order valence-electron chi connectivity index (χ2n) is 10.2. The lowest BCUT2D eigenvalue weighted by Gasteiger charge is -2.25. The molecule has 0 unspecified atom stereocenters. The standard InChI is InChI=1S/C25H34N6O4/c1-15(13-33-2)28-25-26-11-22-20(9-21(31(22)29-25)16-3-5-18(32)6-4-16)17-10-27-30(12-17)23-14-35-24-19(23)7-8-34-24/h9-12,15-16,18-19,23-24,32H,3-8,13-14H2,1-2H3,(H,28,29)/t15-,16?,18?,19-,23+,24+/m0/s1. The maximum atomic E-state index is 10.1. The average molecular weight is 483 g/mol. The van der Waals surface area contributed by atoms with Crippen LogP contribution in [0.3, 0.4) is 0 Å². The van der Waals surface area contributed by atoms with Crippen LogP contribution in [-0.2, 0) is 14.2 Å². The van der Waals surface area contributed by atoms with E-state index in [0.717, 1.165) is 61.0 Å². The zero-order chi connectivity index (χ0) is 23.9. The Morgan fingerprint density at radius 3 is 2.89 bits per heavy atom. The number of fused-ring (bicyclic) bond motifs is 2. The minimum absolute atomic E-state index is 0.0935. The van der Waals surface area contributed by atoms with Crippen LogP contribution >= 0.6 is 0 Å². The summed E-state index contributed by atoms with van der Waals surface area (Å²) >= 11 is 0. The van der Waals surface area contributed by atoms with Crippen LogP contribution in [0.5, 0.6) is 0 Å². The molecule has 2 N–H and O–H groups in total. The molecule has 35 heavy (non-hydrogen) atoms. The molecule has 3 aromatic heterocycles. The molecule has 2 aliphatic heterocycles. The first kappa shape index (κ1) is 22.9. The van der Waals surface area contributed by atoms with Crippen LogP contribution in [0.25, 0.3) is 16.6 Å². The highest BCUT2D eigenvalue weighted by molar-refractivity contribution is 5.81. The van der Waals surface area contributed by atoms with Crippen LogP contribution in [0.15, 0.2) is 24.7 Å². The van der Waals surface area contributed by atoms with Crippen molar-refractivity contribution in [1.82, 2.24) is 24.4 Å². The number of aliphatic hydroxyl groups is 1. The molecule has 0 amide bonds. The lowest BCUT2D eigenvalue weighted by Crippen LogP contribution is -2.23. The predicted octanol–water partition coefficient (Wildman–Crippen LogP) is 2.99. The highest BCUT2D eigenvalue weighted by atomic mass is 16.7. The van der Waals surface area contributed by atoms with Gasteiger partial charge in [-0.1, -0.05) is 0 Å². The quantitative estimate of drug-likeness (QED) is 0.529. The minimum atomic E-state index is -0.200. The zero-order valence-electron chi connectivity index (χ0n) is 20.3. The van der Waals surface area contributed by atoms with E-state index in [-0.39, 0.29) is 24.5 Å². The Morgan fingerprint density at radius 2 is 2.06 bits per heavy atom. The number of hydrogen-bond acceptors (Lipinski definition) is 8. The molecule has 188 valence electrons. The number of methoxy groups -OCH3 is 1. The van der Waals surface area contributed by atoms with Crippen LogP contribution < -0.4 is 5.32 Å². The second-order valence-corrected chi connectivity index (χ2v) is 10.2. The van der Waals surface area contributed by atoms with Gasteiger partial charge in [-0.15, -0.1) is 5.10 Å². The summed E-state index contributed by atoms with van der Waals surface area (Å²) in [5.74, 6) is 1.27. The third-order valence-corrected chi connectivity index (χ3v) is 7.71. The Balaban J connectivity index is 1.35. The number of anilines is 1. The van der Waals surface area contributed by atoms with Crippen molar-refractivity contribution in [3.8, 4) is 11.1 Å². The van der Waals surface area contributed by atoms with Crippen molar-refractivity contribution < 1.29 is 19.3 Å². The molecule has 3 aromatic rings. The third-order valence-electron chi connectivity index (χ3n) is 7.71. The van der Waals surface area contributed by atoms with E-state index >= 15 is 0 Å². The molecule has 0 aromatic carbocycles. The smallest absolute Gasteiger partial charge is 0.241 e. The van der Waals surface area contributed by atoms with Crippen LogP contribution in [0.4, 0.5) is 5.95 Å². The molecule has 0 spiro atoms. The van der Waals surface area contributed by atoms with E-state index in [0.29, 0.717) is 31.0 Å². The second kappa shape index (κ2) is 9.50. The first-order chi connectivity index (χ1) is 17.1. The number of nitrogens with one attached hydrogen (secondary N) is 1. The van der Waals surface area contributed by atoms with Gasteiger partial charge in [-0.25, -0.2) is 9.50 Å². The maximum absolute atomic E-state index is 10.1. The van der Waals surface area contributed by atoms with Gasteiger partial charge in [-0.3, -0.25) is 4.68 Å². The molecule has 10 heteroatoms. The van der Waals surface area contributed by atoms with E-state index in [2.05, 4.69) is 22.6 Å². The van der Waals surface area contributed by atoms with Gasteiger partial charge in [0.25, 0.3) is 0 Å². The monoisotopic (exact) mass is 482 g/mol. The van der Waals surface area contributed by atoms with E-state index in [9.17, 15) is 5.11 Å². The molecule has 1 saturated carbocycles. The van der Waals surface area contributed by atoms with Crippen molar-refractivity contribution >= 4 is 11.5 Å².